The van der Waals surface area contributed by atoms with Crippen molar-refractivity contribution in [1.29, 1.82) is 0 Å². The number of nitrogens with one attached hydrogen (secondary N) is 2. The molecule has 162 valence electrons. The van der Waals surface area contributed by atoms with Gasteiger partial charge in [-0.05, 0) is 30.9 Å². The van der Waals surface area contributed by atoms with Crippen LogP contribution in [0.25, 0.3) is 0 Å². The lowest BCUT2D eigenvalue weighted by Crippen LogP contribution is -2.52. The summed E-state index contributed by atoms with van der Waals surface area (Å²) in [7, 11) is 1.78. The molecule has 2 N–H and O–H groups in total. The molecule has 2 aliphatic rings. The number of carbonyl (C=O) groups excluding carboxylic acids is 1. The first-order chi connectivity index (χ1) is 13.7. The Morgan fingerprint density at radius 2 is 1.93 bits per heavy atom. The maximum Gasteiger partial charge on any atom is 0.225 e. The molecule has 9 heteroatoms. The van der Waals surface area contributed by atoms with Gasteiger partial charge in [0.25, 0.3) is 0 Å². The molecule has 0 bridgehead atoms. The SMILES string of the molecule is CN=C(NCCc1ccc(Cl)nc1)NCCN1CCN(C(=O)C2CCC2)CC1.I. The molecule has 1 amide bonds. The second kappa shape index (κ2) is 12.5. The normalized spacial score (nSPS) is 18.0. The number of hydrogen-bond donors (Lipinski definition) is 2. The quantitative estimate of drug-likeness (QED) is 0.242. The van der Waals surface area contributed by atoms with Crippen LogP contribution in [0, 0.1) is 5.92 Å². The van der Waals surface area contributed by atoms with Gasteiger partial charge in [-0.2, -0.15) is 0 Å². The zero-order valence-corrected chi connectivity index (χ0v) is 20.2. The van der Waals surface area contributed by atoms with Crippen LogP contribution in [-0.4, -0.2) is 79.5 Å². The van der Waals surface area contributed by atoms with Crippen molar-refractivity contribution in [3.63, 3.8) is 0 Å². The summed E-state index contributed by atoms with van der Waals surface area (Å²) in [4.78, 5) is 25.1. The van der Waals surface area contributed by atoms with E-state index in [1.165, 1.54) is 6.42 Å². The van der Waals surface area contributed by atoms with E-state index in [1.54, 1.807) is 13.2 Å². The van der Waals surface area contributed by atoms with Crippen LogP contribution in [0.2, 0.25) is 5.15 Å². The van der Waals surface area contributed by atoms with Gasteiger partial charge in [0.1, 0.15) is 5.15 Å². The average molecular weight is 535 g/mol. The fourth-order valence-electron chi connectivity index (χ4n) is 3.54. The van der Waals surface area contributed by atoms with Crippen molar-refractivity contribution in [2.45, 2.75) is 25.7 Å². The highest BCUT2D eigenvalue weighted by molar-refractivity contribution is 14.0. The summed E-state index contributed by atoms with van der Waals surface area (Å²) in [6, 6.07) is 3.80. The van der Waals surface area contributed by atoms with E-state index in [0.29, 0.717) is 17.0 Å². The van der Waals surface area contributed by atoms with Gasteiger partial charge in [-0.3, -0.25) is 14.7 Å². The lowest BCUT2D eigenvalue weighted by Gasteiger charge is -2.38. The lowest BCUT2D eigenvalue weighted by atomic mass is 9.84. The van der Waals surface area contributed by atoms with E-state index in [0.717, 1.165) is 76.6 Å². The van der Waals surface area contributed by atoms with Crippen molar-refractivity contribution in [3.8, 4) is 0 Å². The van der Waals surface area contributed by atoms with Crippen LogP contribution < -0.4 is 10.6 Å². The van der Waals surface area contributed by atoms with Gasteiger partial charge >= 0.3 is 0 Å². The zero-order valence-electron chi connectivity index (χ0n) is 17.1. The Bertz CT molecular complexity index is 659. The highest BCUT2D eigenvalue weighted by Gasteiger charge is 2.30. The second-order valence-electron chi connectivity index (χ2n) is 7.46. The number of aliphatic imine (C=N–C) groups is 1. The third kappa shape index (κ3) is 7.57. The molecule has 3 rings (SSSR count). The summed E-state index contributed by atoms with van der Waals surface area (Å²) in [6.45, 7) is 6.19. The summed E-state index contributed by atoms with van der Waals surface area (Å²) in [5.74, 6) is 1.50. The van der Waals surface area contributed by atoms with E-state index in [2.05, 4.69) is 30.4 Å². The van der Waals surface area contributed by atoms with Gasteiger partial charge in [-0.1, -0.05) is 24.1 Å². The third-order valence-electron chi connectivity index (χ3n) is 5.58. The molecule has 0 radical (unpaired) electrons. The van der Waals surface area contributed by atoms with E-state index < -0.39 is 0 Å². The maximum atomic E-state index is 12.3. The number of nitrogens with zero attached hydrogens (tertiary/aromatic N) is 4. The molecule has 29 heavy (non-hydrogen) atoms. The van der Waals surface area contributed by atoms with Gasteiger partial charge in [0.2, 0.25) is 5.91 Å². The Morgan fingerprint density at radius 1 is 1.21 bits per heavy atom. The summed E-state index contributed by atoms with van der Waals surface area (Å²) in [5.41, 5.74) is 1.14. The molecule has 0 spiro atoms. The summed E-state index contributed by atoms with van der Waals surface area (Å²) < 4.78 is 0. The number of hydrogen-bond acceptors (Lipinski definition) is 4. The molecule has 0 atom stereocenters. The Balaban J connectivity index is 0.00000300. The van der Waals surface area contributed by atoms with Crippen molar-refractivity contribution in [1.82, 2.24) is 25.4 Å². The van der Waals surface area contributed by atoms with Crippen LogP contribution >= 0.6 is 35.6 Å². The van der Waals surface area contributed by atoms with E-state index in [1.807, 2.05) is 12.1 Å². The molecule has 0 aromatic carbocycles. The van der Waals surface area contributed by atoms with Crippen LogP contribution in [0.3, 0.4) is 0 Å². The highest BCUT2D eigenvalue weighted by atomic mass is 127. The fraction of sp³-hybridized carbons (Fsp3) is 0.650. The van der Waals surface area contributed by atoms with Crippen LogP contribution in [0.5, 0.6) is 0 Å². The summed E-state index contributed by atoms with van der Waals surface area (Å²) >= 11 is 5.81. The van der Waals surface area contributed by atoms with E-state index in [9.17, 15) is 4.79 Å². The smallest absolute Gasteiger partial charge is 0.225 e. The minimum Gasteiger partial charge on any atom is -0.356 e. The highest BCUT2D eigenvalue weighted by Crippen LogP contribution is 2.28. The number of halogens is 2. The first-order valence-electron chi connectivity index (χ1n) is 10.2. The first kappa shape index (κ1) is 24.1. The standard InChI is InChI=1S/C20H31ClN6O.HI/c1-22-20(23-8-7-16-5-6-18(21)25-15-16)24-9-10-26-11-13-27(14-12-26)19(28)17-3-2-4-17;/h5-6,15,17H,2-4,7-14H2,1H3,(H2,22,23,24);1H. The zero-order chi connectivity index (χ0) is 19.8. The molecule has 2 heterocycles. The number of amides is 1. The molecule has 7 nitrogen and oxygen atoms in total. The van der Waals surface area contributed by atoms with Crippen molar-refractivity contribution < 1.29 is 4.79 Å². The molecule has 1 aliphatic carbocycles. The number of guanidine groups is 1. The van der Waals surface area contributed by atoms with Crippen LogP contribution in [0.1, 0.15) is 24.8 Å². The van der Waals surface area contributed by atoms with Crippen molar-refractivity contribution in [2.75, 3.05) is 52.9 Å². The van der Waals surface area contributed by atoms with E-state index in [4.69, 9.17) is 11.6 Å². The Hall–Kier alpha value is -1.13. The Morgan fingerprint density at radius 3 is 2.52 bits per heavy atom. The van der Waals surface area contributed by atoms with Crippen molar-refractivity contribution in [2.24, 2.45) is 10.9 Å². The number of rotatable bonds is 7. The van der Waals surface area contributed by atoms with Crippen LogP contribution in [-0.2, 0) is 11.2 Å². The van der Waals surface area contributed by atoms with Gasteiger partial charge in [0.15, 0.2) is 5.96 Å². The van der Waals surface area contributed by atoms with E-state index in [-0.39, 0.29) is 24.0 Å². The summed E-state index contributed by atoms with van der Waals surface area (Å²) in [5, 5.41) is 7.20. The minimum absolute atomic E-state index is 0. The predicted molar refractivity (Wildman–Crippen MR) is 128 cm³/mol. The largest absolute Gasteiger partial charge is 0.356 e. The number of pyridine rings is 1. The van der Waals surface area contributed by atoms with Gasteiger partial charge in [-0.25, -0.2) is 4.98 Å². The van der Waals surface area contributed by atoms with Gasteiger partial charge in [0, 0.05) is 65.0 Å². The monoisotopic (exact) mass is 534 g/mol. The molecule has 1 aromatic heterocycles. The predicted octanol–water partition coefficient (Wildman–Crippen LogP) is 2.00. The minimum atomic E-state index is 0. The van der Waals surface area contributed by atoms with Gasteiger partial charge in [-0.15, -0.1) is 24.0 Å². The molecule has 2 fully saturated rings. The maximum absolute atomic E-state index is 12.3. The molecule has 1 saturated carbocycles. The van der Waals surface area contributed by atoms with Gasteiger partial charge < -0.3 is 15.5 Å². The van der Waals surface area contributed by atoms with Crippen molar-refractivity contribution >= 4 is 47.4 Å². The van der Waals surface area contributed by atoms with Crippen LogP contribution in [0.15, 0.2) is 23.3 Å². The second-order valence-corrected chi connectivity index (χ2v) is 7.85. The summed E-state index contributed by atoms with van der Waals surface area (Å²) in [6.07, 6.45) is 6.05. The van der Waals surface area contributed by atoms with Crippen LogP contribution in [0.4, 0.5) is 0 Å². The molecule has 0 unspecified atom stereocenters. The number of carbonyl (C=O) groups is 1. The molecular formula is C20H32ClIN6O. The Kier molecular flexibility index (Phi) is 10.4. The Labute approximate surface area is 195 Å². The molecular weight excluding hydrogens is 503 g/mol. The molecule has 1 saturated heterocycles. The van der Waals surface area contributed by atoms with Crippen molar-refractivity contribution in [3.05, 3.63) is 29.0 Å². The van der Waals surface area contributed by atoms with Gasteiger partial charge in [0.05, 0.1) is 0 Å². The fourth-order valence-corrected chi connectivity index (χ4v) is 3.65. The average Bonchev–Trinajstić information content (AvgIpc) is 2.67. The first-order valence-corrected chi connectivity index (χ1v) is 10.6. The lowest BCUT2D eigenvalue weighted by molar-refractivity contribution is -0.139. The number of piperazine rings is 1. The molecule has 1 aliphatic heterocycles. The third-order valence-corrected chi connectivity index (χ3v) is 5.80. The molecule has 1 aromatic rings. The number of aromatic nitrogens is 1. The topological polar surface area (TPSA) is 72.9 Å². The van der Waals surface area contributed by atoms with E-state index >= 15 is 0 Å².